The highest BCUT2D eigenvalue weighted by atomic mass is 35.5. The lowest BCUT2D eigenvalue weighted by Gasteiger charge is -2.30. The van der Waals surface area contributed by atoms with Crippen molar-refractivity contribution in [3.8, 4) is 0 Å². The van der Waals surface area contributed by atoms with Gasteiger partial charge in [0.15, 0.2) is 0 Å². The summed E-state index contributed by atoms with van der Waals surface area (Å²) in [7, 11) is 1.79. The van der Waals surface area contributed by atoms with E-state index in [1.165, 1.54) is 30.4 Å². The first-order valence-corrected chi connectivity index (χ1v) is 8.34. The number of nitrogens with one attached hydrogen (secondary N) is 1. The van der Waals surface area contributed by atoms with E-state index in [1.54, 1.807) is 7.11 Å². The van der Waals surface area contributed by atoms with Gasteiger partial charge in [-0.05, 0) is 59.8 Å². The highest BCUT2D eigenvalue weighted by Crippen LogP contribution is 2.51. The van der Waals surface area contributed by atoms with E-state index in [1.807, 2.05) is 6.07 Å². The Morgan fingerprint density at radius 1 is 1.33 bits per heavy atom. The molecule has 2 aliphatic rings. The number of methoxy groups -OCH3 is 1. The molecule has 116 valence electrons. The van der Waals surface area contributed by atoms with Gasteiger partial charge >= 0.3 is 0 Å². The lowest BCUT2D eigenvalue weighted by molar-refractivity contribution is 0.166. The molecule has 0 spiro atoms. The van der Waals surface area contributed by atoms with Crippen molar-refractivity contribution in [1.82, 2.24) is 5.32 Å². The minimum Gasteiger partial charge on any atom is -0.385 e. The molecule has 2 nitrogen and oxygen atoms in total. The standard InChI is InChI=1S/C18H26ClNO/c1-17(2)11-13-4-5-14(19)10-15(13)16(17)20-12-18(6-7-18)8-9-21-3/h4-5,10,16,20H,6-9,11-12H2,1-3H3. The second-order valence-electron chi connectivity index (χ2n) is 7.57. The molecule has 3 rings (SSSR count). The predicted octanol–water partition coefficient (Wildman–Crippen LogP) is 4.37. The SMILES string of the molecule is COCCC1(CNC2c3cc(Cl)ccc3CC2(C)C)CC1. The van der Waals surface area contributed by atoms with Gasteiger partial charge in [-0.15, -0.1) is 0 Å². The third-order valence-electron chi connectivity index (χ3n) is 5.32. The summed E-state index contributed by atoms with van der Waals surface area (Å²) in [6, 6.07) is 6.77. The molecule has 1 saturated carbocycles. The molecule has 1 aromatic carbocycles. The van der Waals surface area contributed by atoms with Crippen LogP contribution in [0.2, 0.25) is 5.02 Å². The molecule has 0 radical (unpaired) electrons. The number of rotatable bonds is 6. The normalized spacial score (nSPS) is 24.9. The molecule has 1 N–H and O–H groups in total. The molecule has 21 heavy (non-hydrogen) atoms. The second-order valence-corrected chi connectivity index (χ2v) is 8.00. The van der Waals surface area contributed by atoms with Crippen molar-refractivity contribution in [2.45, 2.75) is 45.6 Å². The Morgan fingerprint density at radius 2 is 2.10 bits per heavy atom. The van der Waals surface area contributed by atoms with Crippen molar-refractivity contribution in [3.05, 3.63) is 34.3 Å². The van der Waals surface area contributed by atoms with Crippen LogP contribution >= 0.6 is 11.6 Å². The van der Waals surface area contributed by atoms with Crippen LogP contribution in [0.3, 0.4) is 0 Å². The van der Waals surface area contributed by atoms with E-state index in [9.17, 15) is 0 Å². The number of fused-ring (bicyclic) bond motifs is 1. The summed E-state index contributed by atoms with van der Waals surface area (Å²) < 4.78 is 5.26. The number of benzene rings is 1. The molecule has 1 unspecified atom stereocenters. The Kier molecular flexibility index (Phi) is 4.06. The van der Waals surface area contributed by atoms with Gasteiger partial charge in [0.1, 0.15) is 0 Å². The van der Waals surface area contributed by atoms with Crippen molar-refractivity contribution in [2.75, 3.05) is 20.3 Å². The van der Waals surface area contributed by atoms with Crippen LogP contribution in [0.5, 0.6) is 0 Å². The fraction of sp³-hybridized carbons (Fsp3) is 0.667. The van der Waals surface area contributed by atoms with E-state index < -0.39 is 0 Å². The summed E-state index contributed by atoms with van der Waals surface area (Å²) in [6.07, 6.45) is 4.96. The third kappa shape index (κ3) is 3.13. The molecule has 0 heterocycles. The van der Waals surface area contributed by atoms with Crippen LogP contribution < -0.4 is 5.32 Å². The Balaban J connectivity index is 1.71. The minimum atomic E-state index is 0.254. The number of hydrogen-bond acceptors (Lipinski definition) is 2. The molecule has 1 aromatic rings. The average molecular weight is 308 g/mol. The highest BCUT2D eigenvalue weighted by molar-refractivity contribution is 6.30. The van der Waals surface area contributed by atoms with E-state index in [0.717, 1.165) is 24.6 Å². The van der Waals surface area contributed by atoms with E-state index in [0.29, 0.717) is 11.5 Å². The second kappa shape index (κ2) is 5.57. The first kappa shape index (κ1) is 15.3. The Hall–Kier alpha value is -0.570. The van der Waals surface area contributed by atoms with Gasteiger partial charge in [0.05, 0.1) is 0 Å². The Bertz CT molecular complexity index is 522. The zero-order valence-electron chi connectivity index (χ0n) is 13.3. The van der Waals surface area contributed by atoms with Crippen LogP contribution in [-0.2, 0) is 11.2 Å². The van der Waals surface area contributed by atoms with Gasteiger partial charge in [-0.3, -0.25) is 0 Å². The maximum absolute atomic E-state index is 6.21. The first-order chi connectivity index (χ1) is 9.96. The minimum absolute atomic E-state index is 0.254. The third-order valence-corrected chi connectivity index (χ3v) is 5.56. The van der Waals surface area contributed by atoms with Crippen LogP contribution in [0, 0.1) is 10.8 Å². The lowest BCUT2D eigenvalue weighted by atomic mass is 9.85. The number of halogens is 1. The number of hydrogen-bond donors (Lipinski definition) is 1. The highest BCUT2D eigenvalue weighted by Gasteiger charge is 2.45. The Labute approximate surface area is 133 Å². The van der Waals surface area contributed by atoms with Gasteiger partial charge in [0, 0.05) is 31.3 Å². The average Bonchev–Trinajstić information content (AvgIpc) is 3.14. The lowest BCUT2D eigenvalue weighted by Crippen LogP contribution is -2.35. The molecular formula is C18H26ClNO. The maximum Gasteiger partial charge on any atom is 0.0468 e. The van der Waals surface area contributed by atoms with Gasteiger partial charge in [-0.2, -0.15) is 0 Å². The molecule has 2 aliphatic carbocycles. The molecule has 1 atom stereocenters. The van der Waals surface area contributed by atoms with Gasteiger partial charge < -0.3 is 10.1 Å². The van der Waals surface area contributed by atoms with E-state index in [-0.39, 0.29) is 5.41 Å². The van der Waals surface area contributed by atoms with Gasteiger partial charge in [-0.1, -0.05) is 31.5 Å². The zero-order chi connectivity index (χ0) is 15.1. The smallest absolute Gasteiger partial charge is 0.0468 e. The topological polar surface area (TPSA) is 21.3 Å². The fourth-order valence-electron chi connectivity index (χ4n) is 3.72. The van der Waals surface area contributed by atoms with Crippen LogP contribution in [0.4, 0.5) is 0 Å². The van der Waals surface area contributed by atoms with E-state index in [2.05, 4.69) is 31.3 Å². The molecule has 0 bridgehead atoms. The van der Waals surface area contributed by atoms with Crippen molar-refractivity contribution >= 4 is 11.6 Å². The van der Waals surface area contributed by atoms with E-state index in [4.69, 9.17) is 16.3 Å². The molecule has 1 fully saturated rings. The predicted molar refractivity (Wildman–Crippen MR) is 87.8 cm³/mol. The van der Waals surface area contributed by atoms with Gasteiger partial charge in [0.2, 0.25) is 0 Å². The summed E-state index contributed by atoms with van der Waals surface area (Å²) in [5.41, 5.74) is 3.58. The van der Waals surface area contributed by atoms with E-state index >= 15 is 0 Å². The summed E-state index contributed by atoms with van der Waals surface area (Å²) in [4.78, 5) is 0. The monoisotopic (exact) mass is 307 g/mol. The zero-order valence-corrected chi connectivity index (χ0v) is 14.1. The molecule has 3 heteroatoms. The first-order valence-electron chi connectivity index (χ1n) is 7.96. The Morgan fingerprint density at radius 3 is 2.76 bits per heavy atom. The van der Waals surface area contributed by atoms with Crippen molar-refractivity contribution in [1.29, 1.82) is 0 Å². The molecule has 0 saturated heterocycles. The fourth-order valence-corrected chi connectivity index (χ4v) is 3.91. The quantitative estimate of drug-likeness (QED) is 0.842. The van der Waals surface area contributed by atoms with Crippen molar-refractivity contribution < 1.29 is 4.74 Å². The summed E-state index contributed by atoms with van der Waals surface area (Å²) in [6.45, 7) is 6.68. The van der Waals surface area contributed by atoms with Crippen molar-refractivity contribution in [3.63, 3.8) is 0 Å². The summed E-state index contributed by atoms with van der Waals surface area (Å²) >= 11 is 6.21. The van der Waals surface area contributed by atoms with Crippen LogP contribution in [0.25, 0.3) is 0 Å². The van der Waals surface area contributed by atoms with Crippen LogP contribution in [0.1, 0.15) is 50.3 Å². The van der Waals surface area contributed by atoms with Gasteiger partial charge in [0.25, 0.3) is 0 Å². The van der Waals surface area contributed by atoms with Crippen LogP contribution in [-0.4, -0.2) is 20.3 Å². The maximum atomic E-state index is 6.21. The molecule has 0 aromatic heterocycles. The van der Waals surface area contributed by atoms with Gasteiger partial charge in [-0.25, -0.2) is 0 Å². The molecular weight excluding hydrogens is 282 g/mol. The summed E-state index contributed by atoms with van der Waals surface area (Å²) in [5.74, 6) is 0. The summed E-state index contributed by atoms with van der Waals surface area (Å²) in [5, 5.41) is 4.70. The van der Waals surface area contributed by atoms with Crippen molar-refractivity contribution in [2.24, 2.45) is 10.8 Å². The number of ether oxygens (including phenoxy) is 1. The largest absolute Gasteiger partial charge is 0.385 e. The molecule has 0 amide bonds. The van der Waals surface area contributed by atoms with Crippen LogP contribution in [0.15, 0.2) is 18.2 Å². The molecule has 0 aliphatic heterocycles.